The predicted molar refractivity (Wildman–Crippen MR) is 113 cm³/mol. The van der Waals surface area contributed by atoms with E-state index in [1.54, 1.807) is 25.1 Å². The summed E-state index contributed by atoms with van der Waals surface area (Å²) in [5.41, 5.74) is 4.07. The van der Waals surface area contributed by atoms with Gasteiger partial charge in [0.25, 0.3) is 0 Å². The summed E-state index contributed by atoms with van der Waals surface area (Å²) in [5, 5.41) is 2.91. The van der Waals surface area contributed by atoms with Crippen molar-refractivity contribution in [3.05, 3.63) is 95.6 Å². The molecule has 4 rings (SSSR count). The zero-order chi connectivity index (χ0) is 20.2. The summed E-state index contributed by atoms with van der Waals surface area (Å²) in [6.45, 7) is 2.06. The van der Waals surface area contributed by atoms with Crippen molar-refractivity contribution in [2.75, 3.05) is 11.9 Å². The monoisotopic (exact) mass is 384 g/mol. The van der Waals surface area contributed by atoms with E-state index in [0.29, 0.717) is 23.6 Å². The minimum Gasteiger partial charge on any atom is -0.462 e. The molecule has 1 aliphatic heterocycles. The van der Waals surface area contributed by atoms with Crippen molar-refractivity contribution < 1.29 is 14.3 Å². The molecule has 0 spiro atoms. The van der Waals surface area contributed by atoms with Crippen LogP contribution in [0.5, 0.6) is 0 Å². The van der Waals surface area contributed by atoms with Gasteiger partial charge < -0.3 is 10.1 Å². The van der Waals surface area contributed by atoms with Crippen LogP contribution in [-0.2, 0) is 9.53 Å². The maximum atomic E-state index is 12.9. The molecule has 0 radical (unpaired) electrons. The number of aliphatic imine (C=N–C) groups is 1. The van der Waals surface area contributed by atoms with Gasteiger partial charge in [0, 0.05) is 5.69 Å². The van der Waals surface area contributed by atoms with Gasteiger partial charge in [-0.15, -0.1) is 0 Å². The fraction of sp³-hybridized carbons (Fsp3) is 0.125. The molecule has 3 aromatic carbocycles. The van der Waals surface area contributed by atoms with Crippen LogP contribution in [0.25, 0.3) is 0 Å². The van der Waals surface area contributed by atoms with Crippen LogP contribution in [-0.4, -0.2) is 24.2 Å². The number of carbonyl (C=O) groups is 2. The average molecular weight is 384 g/mol. The number of hydrogen-bond acceptors (Lipinski definition) is 4. The van der Waals surface area contributed by atoms with Crippen LogP contribution in [0, 0.1) is 0 Å². The third kappa shape index (κ3) is 3.80. The number of para-hydroxylation sites is 1. The lowest BCUT2D eigenvalue weighted by molar-refractivity contribution is -0.115. The number of anilines is 1. The third-order valence-corrected chi connectivity index (χ3v) is 4.74. The lowest BCUT2D eigenvalue weighted by Gasteiger charge is -2.14. The molecule has 0 fully saturated rings. The Kier molecular flexibility index (Phi) is 5.20. The molecule has 5 heteroatoms. The van der Waals surface area contributed by atoms with Crippen molar-refractivity contribution in [2.45, 2.75) is 12.8 Å². The second-order valence-corrected chi connectivity index (χ2v) is 6.64. The molecule has 1 aliphatic rings. The minimum absolute atomic E-state index is 0.167. The number of fused-ring (bicyclic) bond motifs is 1. The van der Waals surface area contributed by atoms with Gasteiger partial charge in [0.05, 0.1) is 23.6 Å². The van der Waals surface area contributed by atoms with Gasteiger partial charge in [0.1, 0.15) is 5.92 Å². The fourth-order valence-corrected chi connectivity index (χ4v) is 3.42. The molecule has 3 aromatic rings. The number of benzene rings is 3. The number of rotatable bonds is 5. The fourth-order valence-electron chi connectivity index (χ4n) is 3.42. The maximum Gasteiger partial charge on any atom is 0.338 e. The van der Waals surface area contributed by atoms with Crippen molar-refractivity contribution in [2.24, 2.45) is 4.99 Å². The van der Waals surface area contributed by atoms with E-state index < -0.39 is 11.9 Å². The Morgan fingerprint density at radius 3 is 2.34 bits per heavy atom. The molecule has 29 heavy (non-hydrogen) atoms. The highest BCUT2D eigenvalue weighted by Gasteiger charge is 2.36. The summed E-state index contributed by atoms with van der Waals surface area (Å²) in [6.07, 6.45) is 0. The van der Waals surface area contributed by atoms with Crippen molar-refractivity contribution in [1.82, 2.24) is 0 Å². The van der Waals surface area contributed by atoms with E-state index in [1.165, 1.54) is 0 Å². The number of nitrogens with one attached hydrogen (secondary N) is 1. The summed E-state index contributed by atoms with van der Waals surface area (Å²) in [7, 11) is 0. The summed E-state index contributed by atoms with van der Waals surface area (Å²) in [6, 6.07) is 24.3. The second-order valence-electron chi connectivity index (χ2n) is 6.64. The normalized spacial score (nSPS) is 15.6. The summed E-state index contributed by atoms with van der Waals surface area (Å²) in [5.74, 6) is -1.20. The summed E-state index contributed by atoms with van der Waals surface area (Å²) >= 11 is 0. The molecule has 1 heterocycles. The number of amides is 1. The number of carbonyl (C=O) groups excluding carboxylic acids is 2. The molecule has 5 nitrogen and oxygen atoms in total. The van der Waals surface area contributed by atoms with Crippen LogP contribution >= 0.6 is 0 Å². The van der Waals surface area contributed by atoms with E-state index >= 15 is 0 Å². The van der Waals surface area contributed by atoms with Gasteiger partial charge in [0.2, 0.25) is 5.91 Å². The van der Waals surface area contributed by atoms with Crippen LogP contribution in [0.3, 0.4) is 0 Å². The first-order valence-corrected chi connectivity index (χ1v) is 9.48. The Bertz CT molecular complexity index is 1080. The van der Waals surface area contributed by atoms with E-state index in [1.807, 2.05) is 60.7 Å². The molecule has 1 atom stereocenters. The lowest BCUT2D eigenvalue weighted by Crippen LogP contribution is -2.22. The quantitative estimate of drug-likeness (QED) is 0.511. The van der Waals surface area contributed by atoms with E-state index in [9.17, 15) is 9.59 Å². The largest absolute Gasteiger partial charge is 0.462 e. The molecule has 1 N–H and O–H groups in total. The molecular weight excluding hydrogens is 364 g/mol. The molecule has 1 amide bonds. The van der Waals surface area contributed by atoms with Crippen LogP contribution in [0.1, 0.15) is 34.3 Å². The molecule has 0 bridgehead atoms. The van der Waals surface area contributed by atoms with Crippen molar-refractivity contribution >= 4 is 29.0 Å². The number of esters is 1. The zero-order valence-electron chi connectivity index (χ0n) is 16.0. The highest BCUT2D eigenvalue weighted by Crippen LogP contribution is 2.37. The molecule has 0 saturated carbocycles. The Labute approximate surface area is 169 Å². The van der Waals surface area contributed by atoms with Gasteiger partial charge in [-0.05, 0) is 48.4 Å². The van der Waals surface area contributed by atoms with Crippen LogP contribution in [0.15, 0.2) is 83.9 Å². The van der Waals surface area contributed by atoms with E-state index in [2.05, 4.69) is 5.32 Å². The van der Waals surface area contributed by atoms with Crippen LogP contribution in [0.4, 0.5) is 11.4 Å². The van der Waals surface area contributed by atoms with Gasteiger partial charge in [0.15, 0.2) is 0 Å². The number of nitrogens with zero attached hydrogens (tertiary/aromatic N) is 1. The Morgan fingerprint density at radius 1 is 0.966 bits per heavy atom. The summed E-state index contributed by atoms with van der Waals surface area (Å²) < 4.78 is 5.12. The molecule has 0 aliphatic carbocycles. The van der Waals surface area contributed by atoms with Gasteiger partial charge >= 0.3 is 5.97 Å². The Morgan fingerprint density at radius 2 is 1.66 bits per heavy atom. The van der Waals surface area contributed by atoms with E-state index in [0.717, 1.165) is 16.8 Å². The van der Waals surface area contributed by atoms with Gasteiger partial charge in [-0.3, -0.25) is 9.79 Å². The topological polar surface area (TPSA) is 67.8 Å². The molecule has 0 saturated heterocycles. The minimum atomic E-state index is -0.623. The van der Waals surface area contributed by atoms with E-state index in [-0.39, 0.29) is 5.91 Å². The SMILES string of the molecule is CCOC(=O)c1ccc2c(c1)C(C(=Nc1ccccc1)c1ccccc1)C(=O)N2. The van der Waals surface area contributed by atoms with Crippen molar-refractivity contribution in [3.8, 4) is 0 Å². The summed E-state index contributed by atoms with van der Waals surface area (Å²) in [4.78, 5) is 30.0. The highest BCUT2D eigenvalue weighted by molar-refractivity contribution is 6.24. The molecule has 0 aromatic heterocycles. The maximum absolute atomic E-state index is 12.9. The third-order valence-electron chi connectivity index (χ3n) is 4.74. The second kappa shape index (κ2) is 8.10. The van der Waals surface area contributed by atoms with E-state index in [4.69, 9.17) is 9.73 Å². The first-order chi connectivity index (χ1) is 14.2. The predicted octanol–water partition coefficient (Wildman–Crippen LogP) is 4.72. The molecule has 1 unspecified atom stereocenters. The Balaban J connectivity index is 1.84. The van der Waals surface area contributed by atoms with Gasteiger partial charge in [-0.1, -0.05) is 48.5 Å². The highest BCUT2D eigenvalue weighted by atomic mass is 16.5. The van der Waals surface area contributed by atoms with Gasteiger partial charge in [-0.2, -0.15) is 0 Å². The van der Waals surface area contributed by atoms with Gasteiger partial charge in [-0.25, -0.2) is 4.79 Å². The lowest BCUT2D eigenvalue weighted by atomic mass is 9.90. The smallest absolute Gasteiger partial charge is 0.338 e. The van der Waals surface area contributed by atoms with Crippen molar-refractivity contribution in [3.63, 3.8) is 0 Å². The zero-order valence-corrected chi connectivity index (χ0v) is 16.0. The average Bonchev–Trinajstić information content (AvgIpc) is 3.08. The first-order valence-electron chi connectivity index (χ1n) is 9.48. The molecular formula is C24H20N2O3. The van der Waals surface area contributed by atoms with Crippen LogP contribution < -0.4 is 5.32 Å². The standard InChI is InChI=1S/C24H20N2O3/c1-2-29-24(28)17-13-14-20-19(15-17)21(23(27)26-20)22(16-9-5-3-6-10-16)25-18-11-7-4-8-12-18/h3-15,21H,2H2,1H3,(H,26,27). The molecule has 144 valence electrons. The first kappa shape index (κ1) is 18.6. The number of ether oxygens (including phenoxy) is 1. The Hall–Kier alpha value is -3.73. The van der Waals surface area contributed by atoms with Crippen molar-refractivity contribution in [1.29, 1.82) is 0 Å². The number of hydrogen-bond donors (Lipinski definition) is 1. The van der Waals surface area contributed by atoms with Crippen LogP contribution in [0.2, 0.25) is 0 Å².